The van der Waals surface area contributed by atoms with Crippen molar-refractivity contribution in [3.8, 4) is 0 Å². The van der Waals surface area contributed by atoms with Gasteiger partial charge in [0.15, 0.2) is 0 Å². The maximum absolute atomic E-state index is 12.1. The molecule has 0 aliphatic carbocycles. The molecule has 156 valence electrons. The first kappa shape index (κ1) is 20.3. The zero-order valence-electron chi connectivity index (χ0n) is 17.2. The minimum absolute atomic E-state index is 0.0907. The number of aromatic nitrogens is 3. The average Bonchev–Trinajstić information content (AvgIpc) is 3.29. The van der Waals surface area contributed by atoms with E-state index in [2.05, 4.69) is 74.3 Å². The van der Waals surface area contributed by atoms with Gasteiger partial charge in [0.05, 0.1) is 0 Å². The number of nitrogens with one attached hydrogen (secondary N) is 3. The minimum Gasteiger partial charge on any atom is -0.352 e. The van der Waals surface area contributed by atoms with Gasteiger partial charge in [-0.25, -0.2) is 0 Å². The number of carbonyl (C=O) groups is 1. The third-order valence-corrected chi connectivity index (χ3v) is 5.08. The molecule has 0 spiro atoms. The second kappa shape index (κ2) is 10.2. The SMILES string of the molecule is O=C(NCCc1nc(NCC(c2ccccc2)c2ccccc2)n[nH]1)c1ccccc1. The van der Waals surface area contributed by atoms with Crippen molar-refractivity contribution in [2.24, 2.45) is 0 Å². The molecule has 0 saturated carbocycles. The summed E-state index contributed by atoms with van der Waals surface area (Å²) >= 11 is 0. The quantitative estimate of drug-likeness (QED) is 0.388. The highest BCUT2D eigenvalue weighted by Gasteiger charge is 2.15. The van der Waals surface area contributed by atoms with Crippen LogP contribution in [-0.4, -0.2) is 34.2 Å². The fraction of sp³-hybridized carbons (Fsp3) is 0.160. The summed E-state index contributed by atoms with van der Waals surface area (Å²) in [5.41, 5.74) is 3.12. The molecule has 0 aliphatic rings. The number of hydrogen-bond acceptors (Lipinski definition) is 4. The first-order chi connectivity index (χ1) is 15.3. The van der Waals surface area contributed by atoms with Crippen molar-refractivity contribution < 1.29 is 4.79 Å². The van der Waals surface area contributed by atoms with Gasteiger partial charge in [0, 0.05) is 31.0 Å². The Morgan fingerprint density at radius 1 is 0.839 bits per heavy atom. The van der Waals surface area contributed by atoms with Gasteiger partial charge in [-0.05, 0) is 23.3 Å². The van der Waals surface area contributed by atoms with Gasteiger partial charge in [0.25, 0.3) is 5.91 Å². The lowest BCUT2D eigenvalue weighted by Gasteiger charge is -2.18. The van der Waals surface area contributed by atoms with Crippen LogP contribution in [0.1, 0.15) is 33.2 Å². The molecule has 4 rings (SSSR count). The Bertz CT molecular complexity index is 1040. The van der Waals surface area contributed by atoms with Crippen molar-refractivity contribution in [3.63, 3.8) is 0 Å². The van der Waals surface area contributed by atoms with Crippen LogP contribution in [0.5, 0.6) is 0 Å². The summed E-state index contributed by atoms with van der Waals surface area (Å²) in [6.07, 6.45) is 0.577. The molecular weight excluding hydrogens is 386 g/mol. The van der Waals surface area contributed by atoms with Gasteiger partial charge in [0.2, 0.25) is 5.95 Å². The van der Waals surface area contributed by atoms with E-state index in [1.54, 1.807) is 12.1 Å². The highest BCUT2D eigenvalue weighted by Crippen LogP contribution is 2.24. The van der Waals surface area contributed by atoms with Crippen molar-refractivity contribution in [3.05, 3.63) is 114 Å². The van der Waals surface area contributed by atoms with Gasteiger partial charge in [0.1, 0.15) is 5.82 Å². The third kappa shape index (κ3) is 5.57. The summed E-state index contributed by atoms with van der Waals surface area (Å²) in [5.74, 6) is 1.38. The topological polar surface area (TPSA) is 82.7 Å². The number of nitrogens with zero attached hydrogens (tertiary/aromatic N) is 2. The second-order valence-corrected chi connectivity index (χ2v) is 7.23. The highest BCUT2D eigenvalue weighted by molar-refractivity contribution is 5.94. The summed E-state index contributed by atoms with van der Waals surface area (Å²) in [7, 11) is 0. The molecule has 4 aromatic rings. The van der Waals surface area contributed by atoms with Crippen molar-refractivity contribution in [2.45, 2.75) is 12.3 Å². The molecule has 0 atom stereocenters. The lowest BCUT2D eigenvalue weighted by atomic mass is 9.91. The van der Waals surface area contributed by atoms with Gasteiger partial charge in [-0.3, -0.25) is 9.89 Å². The van der Waals surface area contributed by atoms with Crippen molar-refractivity contribution in [1.82, 2.24) is 20.5 Å². The number of rotatable bonds is 9. The van der Waals surface area contributed by atoms with Crippen LogP contribution < -0.4 is 10.6 Å². The normalized spacial score (nSPS) is 10.7. The van der Waals surface area contributed by atoms with Crippen LogP contribution in [0.2, 0.25) is 0 Å². The molecule has 1 heterocycles. The predicted molar refractivity (Wildman–Crippen MR) is 122 cm³/mol. The minimum atomic E-state index is -0.0907. The van der Waals surface area contributed by atoms with Crippen LogP contribution in [-0.2, 0) is 6.42 Å². The Kier molecular flexibility index (Phi) is 6.70. The van der Waals surface area contributed by atoms with E-state index in [0.717, 1.165) is 5.82 Å². The lowest BCUT2D eigenvalue weighted by molar-refractivity contribution is 0.0954. The molecule has 3 N–H and O–H groups in total. The number of aromatic amines is 1. The average molecular weight is 412 g/mol. The van der Waals surface area contributed by atoms with E-state index < -0.39 is 0 Å². The first-order valence-corrected chi connectivity index (χ1v) is 10.4. The summed E-state index contributed by atoms with van der Waals surface area (Å²) in [6.45, 7) is 1.16. The van der Waals surface area contributed by atoms with Crippen LogP contribution in [0.25, 0.3) is 0 Å². The first-order valence-electron chi connectivity index (χ1n) is 10.4. The Morgan fingerprint density at radius 2 is 1.42 bits per heavy atom. The smallest absolute Gasteiger partial charge is 0.251 e. The maximum Gasteiger partial charge on any atom is 0.251 e. The Balaban J connectivity index is 1.33. The van der Waals surface area contributed by atoms with Gasteiger partial charge in [-0.2, -0.15) is 4.98 Å². The van der Waals surface area contributed by atoms with E-state index in [1.807, 2.05) is 30.3 Å². The molecule has 0 fully saturated rings. The van der Waals surface area contributed by atoms with E-state index >= 15 is 0 Å². The third-order valence-electron chi connectivity index (χ3n) is 5.08. The zero-order chi connectivity index (χ0) is 21.3. The number of hydrogen-bond donors (Lipinski definition) is 3. The maximum atomic E-state index is 12.1. The fourth-order valence-electron chi connectivity index (χ4n) is 3.46. The molecule has 0 unspecified atom stereocenters. The Labute approximate surface area is 181 Å². The van der Waals surface area contributed by atoms with Crippen LogP contribution in [0.4, 0.5) is 5.95 Å². The summed E-state index contributed by atoms with van der Waals surface area (Å²) in [5, 5.41) is 13.5. The van der Waals surface area contributed by atoms with E-state index in [1.165, 1.54) is 11.1 Å². The van der Waals surface area contributed by atoms with Crippen molar-refractivity contribution in [2.75, 3.05) is 18.4 Å². The number of H-pyrrole nitrogens is 1. The summed E-state index contributed by atoms with van der Waals surface area (Å²) in [6, 6.07) is 30.0. The van der Waals surface area contributed by atoms with E-state index in [-0.39, 0.29) is 11.8 Å². The van der Waals surface area contributed by atoms with Gasteiger partial charge in [-0.1, -0.05) is 78.9 Å². The molecule has 0 bridgehead atoms. The van der Waals surface area contributed by atoms with Gasteiger partial charge in [-0.15, -0.1) is 5.10 Å². The molecule has 3 aromatic carbocycles. The molecule has 0 aliphatic heterocycles. The standard InChI is InChI=1S/C25H25N5O/c31-24(21-14-8-3-9-15-21)26-17-16-23-28-25(30-29-23)27-18-22(19-10-4-1-5-11-19)20-12-6-2-7-13-20/h1-15,22H,16-18H2,(H,26,31)(H2,27,28,29,30). The molecule has 6 heteroatoms. The molecule has 31 heavy (non-hydrogen) atoms. The highest BCUT2D eigenvalue weighted by atomic mass is 16.1. The van der Waals surface area contributed by atoms with Crippen molar-refractivity contribution >= 4 is 11.9 Å². The predicted octanol–water partition coefficient (Wildman–Crippen LogP) is 4.02. The van der Waals surface area contributed by atoms with Crippen LogP contribution in [0, 0.1) is 0 Å². The van der Waals surface area contributed by atoms with Gasteiger partial charge < -0.3 is 10.6 Å². The molecule has 1 aromatic heterocycles. The molecule has 0 radical (unpaired) electrons. The van der Waals surface area contributed by atoms with Crippen molar-refractivity contribution in [1.29, 1.82) is 0 Å². The van der Waals surface area contributed by atoms with Crippen LogP contribution >= 0.6 is 0 Å². The molecule has 6 nitrogen and oxygen atoms in total. The number of amides is 1. The molecule has 0 saturated heterocycles. The second-order valence-electron chi connectivity index (χ2n) is 7.23. The van der Waals surface area contributed by atoms with E-state index in [0.29, 0.717) is 31.0 Å². The summed E-state index contributed by atoms with van der Waals surface area (Å²) in [4.78, 5) is 16.6. The van der Waals surface area contributed by atoms with Crippen LogP contribution in [0.15, 0.2) is 91.0 Å². The Morgan fingerprint density at radius 3 is 2.03 bits per heavy atom. The van der Waals surface area contributed by atoms with E-state index in [9.17, 15) is 4.79 Å². The number of carbonyl (C=O) groups excluding carboxylic acids is 1. The largest absolute Gasteiger partial charge is 0.352 e. The fourth-order valence-corrected chi connectivity index (χ4v) is 3.46. The number of benzene rings is 3. The lowest BCUT2D eigenvalue weighted by Crippen LogP contribution is -2.25. The number of anilines is 1. The van der Waals surface area contributed by atoms with Gasteiger partial charge >= 0.3 is 0 Å². The molecular formula is C25H25N5O. The molecule has 1 amide bonds. The monoisotopic (exact) mass is 411 g/mol. The zero-order valence-corrected chi connectivity index (χ0v) is 17.2. The summed E-state index contributed by atoms with van der Waals surface area (Å²) < 4.78 is 0. The van der Waals surface area contributed by atoms with Crippen LogP contribution in [0.3, 0.4) is 0 Å². The van der Waals surface area contributed by atoms with E-state index in [4.69, 9.17) is 0 Å². The Hall–Kier alpha value is -3.93.